The highest BCUT2D eigenvalue weighted by Gasteiger charge is 2.50. The SMILES string of the molecule is COc1cccc2c1C(=O)c1c(O)c3c(c(O)c1C2=O)C[C@@](O)(C(=O)COC(=O)CCC(=O)OCCCCO[N+](=O)[O-])CC3OC1CC(N)C(O)C(C)O1. The van der Waals surface area contributed by atoms with Gasteiger partial charge < -0.3 is 54.7 Å². The first-order chi connectivity index (χ1) is 25.6. The molecule has 2 aromatic carbocycles. The Hall–Kier alpha value is -5.21. The first-order valence-electron chi connectivity index (χ1n) is 17.0. The number of fused-ring (bicyclic) bond motifs is 3. The smallest absolute Gasteiger partial charge is 0.306 e. The number of carbonyl (C=O) groups excluding carboxylic acids is 5. The second-order valence-electron chi connectivity index (χ2n) is 13.1. The zero-order valence-corrected chi connectivity index (χ0v) is 29.3. The van der Waals surface area contributed by atoms with Crippen LogP contribution in [0, 0.1) is 10.1 Å². The molecular weight excluding hydrogens is 720 g/mol. The lowest BCUT2D eigenvalue weighted by molar-refractivity contribution is -0.757. The number of aliphatic hydroxyl groups is 2. The third-order valence-corrected chi connectivity index (χ3v) is 9.56. The van der Waals surface area contributed by atoms with Gasteiger partial charge >= 0.3 is 11.9 Å². The Morgan fingerprint density at radius 2 is 1.69 bits per heavy atom. The van der Waals surface area contributed by atoms with Gasteiger partial charge in [-0.15, -0.1) is 10.1 Å². The number of benzene rings is 2. The Morgan fingerprint density at radius 3 is 2.35 bits per heavy atom. The average Bonchev–Trinajstić information content (AvgIpc) is 3.13. The summed E-state index contributed by atoms with van der Waals surface area (Å²) in [6, 6.07) is 3.43. The number of rotatable bonds is 15. The molecule has 19 heteroatoms. The number of hydrogen-bond acceptors (Lipinski definition) is 18. The molecule has 0 amide bonds. The molecule has 292 valence electrons. The van der Waals surface area contributed by atoms with Crippen molar-refractivity contribution in [3.63, 3.8) is 0 Å². The number of nitrogens with zero attached hydrogens (tertiary/aromatic N) is 1. The van der Waals surface area contributed by atoms with Crippen LogP contribution in [0.2, 0.25) is 0 Å². The second kappa shape index (κ2) is 16.4. The van der Waals surface area contributed by atoms with Crippen LogP contribution in [0.5, 0.6) is 17.2 Å². The van der Waals surface area contributed by atoms with E-state index >= 15 is 0 Å². The largest absolute Gasteiger partial charge is 0.507 e. The van der Waals surface area contributed by atoms with Crippen molar-refractivity contribution < 1.29 is 78.0 Å². The summed E-state index contributed by atoms with van der Waals surface area (Å²) in [5.41, 5.74) is 1.75. The lowest BCUT2D eigenvalue weighted by Gasteiger charge is -2.42. The standard InChI is InChI=1S/C35H40N2O17/c1-16-30(41)19(36)12-25(53-16)54-21-14-35(46,22(38)15-51-24(40)9-8-23(39)50-10-3-4-11-52-37(47)48)13-18-27(21)34(45)29-28(32(18)43)31(42)17-6-5-7-20(49-2)26(17)33(29)44/h5-7,16,19,21,25,30,41,43,45-46H,3-4,8-15,36H2,1-2H3/t16?,19?,21?,25?,30?,35-/m0/s1. The number of ketones is 3. The van der Waals surface area contributed by atoms with Crippen LogP contribution in [0.25, 0.3) is 0 Å². The van der Waals surface area contributed by atoms with Gasteiger partial charge in [-0.3, -0.25) is 24.0 Å². The van der Waals surface area contributed by atoms with Gasteiger partial charge in [0.2, 0.25) is 11.6 Å². The number of aromatic hydroxyl groups is 2. The van der Waals surface area contributed by atoms with E-state index in [2.05, 4.69) is 4.84 Å². The van der Waals surface area contributed by atoms with Crippen molar-refractivity contribution in [3.05, 3.63) is 61.7 Å². The number of phenols is 2. The van der Waals surface area contributed by atoms with Gasteiger partial charge in [0.05, 0.1) is 68.2 Å². The molecule has 19 nitrogen and oxygen atoms in total. The Balaban J connectivity index is 1.37. The van der Waals surface area contributed by atoms with Crippen LogP contribution in [0.15, 0.2) is 18.2 Å². The van der Waals surface area contributed by atoms with E-state index in [-0.39, 0.29) is 60.5 Å². The van der Waals surface area contributed by atoms with E-state index in [4.69, 9.17) is 29.4 Å². The molecular formula is C35H40N2O17. The van der Waals surface area contributed by atoms with Crippen LogP contribution in [0.4, 0.5) is 0 Å². The van der Waals surface area contributed by atoms with Crippen molar-refractivity contribution in [2.45, 2.75) is 88.1 Å². The van der Waals surface area contributed by atoms with E-state index in [1.54, 1.807) is 0 Å². The van der Waals surface area contributed by atoms with Gasteiger partial charge in [0, 0.05) is 42.0 Å². The summed E-state index contributed by atoms with van der Waals surface area (Å²) in [5.74, 6) is -6.00. The van der Waals surface area contributed by atoms with Crippen molar-refractivity contribution in [3.8, 4) is 17.2 Å². The molecule has 1 fully saturated rings. The first-order valence-corrected chi connectivity index (χ1v) is 17.0. The third kappa shape index (κ3) is 8.14. The van der Waals surface area contributed by atoms with Crippen molar-refractivity contribution in [1.82, 2.24) is 0 Å². The number of Topliss-reactive ketones (excluding diaryl/α,β-unsaturated/α-hetero) is 1. The highest BCUT2D eigenvalue weighted by Crippen LogP contribution is 2.52. The second-order valence-corrected chi connectivity index (χ2v) is 13.1. The van der Waals surface area contributed by atoms with Gasteiger partial charge in [-0.05, 0) is 25.8 Å². The van der Waals surface area contributed by atoms with E-state index in [0.717, 1.165) is 0 Å². The quantitative estimate of drug-likeness (QED) is 0.0472. The fourth-order valence-electron chi connectivity index (χ4n) is 6.76. The van der Waals surface area contributed by atoms with E-state index < -0.39 is 126 Å². The molecule has 0 radical (unpaired) electrons. The maximum Gasteiger partial charge on any atom is 0.306 e. The highest BCUT2D eigenvalue weighted by atomic mass is 16.9. The molecule has 6 N–H and O–H groups in total. The normalized spacial score (nSPS) is 24.4. The number of ether oxygens (including phenoxy) is 5. The molecule has 1 saturated heterocycles. The number of aliphatic hydroxyl groups excluding tert-OH is 1. The van der Waals surface area contributed by atoms with Gasteiger partial charge in [0.1, 0.15) is 22.8 Å². The minimum absolute atomic E-state index is 0.0439. The predicted molar refractivity (Wildman–Crippen MR) is 178 cm³/mol. The molecule has 6 atom stereocenters. The Bertz CT molecular complexity index is 1830. The number of methoxy groups -OCH3 is 1. The molecule has 2 aromatic rings. The molecule has 0 aromatic heterocycles. The van der Waals surface area contributed by atoms with Gasteiger partial charge in [0.15, 0.2) is 18.7 Å². The molecule has 1 heterocycles. The minimum atomic E-state index is -2.45. The summed E-state index contributed by atoms with van der Waals surface area (Å²) in [5, 5.41) is 54.7. The Morgan fingerprint density at radius 1 is 1.02 bits per heavy atom. The number of hydrogen-bond donors (Lipinski definition) is 5. The Kier molecular flexibility index (Phi) is 12.2. The first kappa shape index (κ1) is 40.0. The monoisotopic (exact) mass is 760 g/mol. The van der Waals surface area contributed by atoms with Crippen molar-refractivity contribution in [2.75, 3.05) is 26.9 Å². The number of esters is 2. The van der Waals surface area contributed by atoms with Crippen LogP contribution in [0.3, 0.4) is 0 Å². The maximum absolute atomic E-state index is 13.9. The minimum Gasteiger partial charge on any atom is -0.507 e. The topological polar surface area (TPSA) is 291 Å². The fourth-order valence-corrected chi connectivity index (χ4v) is 6.76. The molecule has 0 bridgehead atoms. The molecule has 3 aliphatic rings. The summed E-state index contributed by atoms with van der Waals surface area (Å²) < 4.78 is 27.2. The third-order valence-electron chi connectivity index (χ3n) is 9.56. The zero-order chi connectivity index (χ0) is 39.5. The van der Waals surface area contributed by atoms with Crippen LogP contribution >= 0.6 is 0 Å². The molecule has 5 unspecified atom stereocenters. The molecule has 2 aliphatic carbocycles. The van der Waals surface area contributed by atoms with E-state index in [0.29, 0.717) is 0 Å². The number of carbonyl (C=O) groups is 5. The molecule has 1 aliphatic heterocycles. The van der Waals surface area contributed by atoms with Gasteiger partial charge in [-0.1, -0.05) is 12.1 Å². The van der Waals surface area contributed by atoms with E-state index in [1.165, 1.54) is 32.2 Å². The van der Waals surface area contributed by atoms with Crippen molar-refractivity contribution in [2.24, 2.45) is 5.73 Å². The number of phenolic OH excluding ortho intramolecular Hbond substituents is 2. The van der Waals surface area contributed by atoms with Gasteiger partial charge in [-0.2, -0.15) is 0 Å². The summed E-state index contributed by atoms with van der Waals surface area (Å²) in [6.07, 6.45) is -6.31. The zero-order valence-electron chi connectivity index (χ0n) is 29.3. The summed E-state index contributed by atoms with van der Waals surface area (Å²) >= 11 is 0. The number of nitrogens with two attached hydrogens (primary N) is 1. The maximum atomic E-state index is 13.9. The van der Waals surface area contributed by atoms with Crippen molar-refractivity contribution >= 4 is 29.3 Å². The lowest BCUT2D eigenvalue weighted by atomic mass is 9.72. The van der Waals surface area contributed by atoms with Gasteiger partial charge in [-0.25, -0.2) is 0 Å². The van der Waals surface area contributed by atoms with Crippen LogP contribution in [0.1, 0.15) is 94.5 Å². The summed E-state index contributed by atoms with van der Waals surface area (Å²) in [6.45, 7) is 0.301. The highest BCUT2D eigenvalue weighted by molar-refractivity contribution is 6.31. The lowest BCUT2D eigenvalue weighted by Crippen LogP contribution is -2.53. The van der Waals surface area contributed by atoms with Crippen molar-refractivity contribution in [1.29, 1.82) is 0 Å². The fraction of sp³-hybridized carbons (Fsp3) is 0.514. The Labute approximate surface area is 306 Å². The molecule has 54 heavy (non-hydrogen) atoms. The molecule has 0 spiro atoms. The molecule has 5 rings (SSSR count). The van der Waals surface area contributed by atoms with E-state index in [9.17, 15) is 54.5 Å². The summed E-state index contributed by atoms with van der Waals surface area (Å²) in [7, 11) is 1.29. The van der Waals surface area contributed by atoms with Crippen LogP contribution < -0.4 is 10.5 Å². The molecule has 0 saturated carbocycles. The van der Waals surface area contributed by atoms with Crippen LogP contribution in [-0.2, 0) is 44.6 Å². The number of unbranched alkanes of at least 4 members (excludes halogenated alkanes) is 1. The predicted octanol–water partition coefficient (Wildman–Crippen LogP) is 0.864. The van der Waals surface area contributed by atoms with Gasteiger partial charge in [0.25, 0.3) is 5.09 Å². The summed E-state index contributed by atoms with van der Waals surface area (Å²) in [4.78, 5) is 80.0. The van der Waals surface area contributed by atoms with Crippen LogP contribution in [-0.4, -0.2) is 112 Å². The van der Waals surface area contributed by atoms with E-state index in [1.807, 2.05) is 0 Å². The average molecular weight is 761 g/mol.